The maximum atomic E-state index is 12.3. The average molecular weight is 342 g/mol. The van der Waals surface area contributed by atoms with Gasteiger partial charge in [0.25, 0.3) is 0 Å². The van der Waals surface area contributed by atoms with Gasteiger partial charge in [0.1, 0.15) is 34.3 Å². The Balaban J connectivity index is 1.84. The highest BCUT2D eigenvalue weighted by molar-refractivity contribution is 6.16. The third kappa shape index (κ3) is 3.38. The lowest BCUT2D eigenvalue weighted by Gasteiger charge is -2.07. The number of hydrogen-bond donors (Lipinski definition) is 3. The van der Waals surface area contributed by atoms with Gasteiger partial charge in [0.15, 0.2) is 5.76 Å². The van der Waals surface area contributed by atoms with E-state index in [-0.39, 0.29) is 34.3 Å². The maximum absolute atomic E-state index is 12.3. The molecule has 3 rings (SSSR count). The van der Waals surface area contributed by atoms with Crippen LogP contribution in [0.4, 0.5) is 0 Å². The van der Waals surface area contributed by atoms with E-state index in [1.807, 2.05) is 0 Å². The molecule has 0 unspecified atom stereocenters. The molecule has 0 radical (unpaired) electrons. The fourth-order valence-electron chi connectivity index (χ4n) is 2.49. The quantitative estimate of drug-likeness (QED) is 0.567. The molecule has 2 aromatic carbocycles. The SMILES string of the molecule is CCCCOc1ccc(/C=C2\Oc3cc(O)cc(O)c3C2=O)c(O)c1. The first-order chi connectivity index (χ1) is 12.0. The third-order valence-electron chi connectivity index (χ3n) is 3.79. The van der Waals surface area contributed by atoms with E-state index in [1.165, 1.54) is 18.2 Å². The molecule has 0 bridgehead atoms. The number of Topliss-reactive ketones (excluding diaryl/α,β-unsaturated/α-hetero) is 1. The van der Waals surface area contributed by atoms with Crippen LogP contribution >= 0.6 is 0 Å². The lowest BCUT2D eigenvalue weighted by Crippen LogP contribution is -1.99. The first kappa shape index (κ1) is 16.7. The molecule has 6 heteroatoms. The minimum Gasteiger partial charge on any atom is -0.508 e. The van der Waals surface area contributed by atoms with Crippen LogP contribution in [0.2, 0.25) is 0 Å². The van der Waals surface area contributed by atoms with Crippen LogP contribution in [0.5, 0.6) is 28.7 Å². The van der Waals surface area contributed by atoms with Gasteiger partial charge in [0.2, 0.25) is 5.78 Å². The van der Waals surface area contributed by atoms with E-state index in [0.29, 0.717) is 17.9 Å². The predicted molar refractivity (Wildman–Crippen MR) is 91.2 cm³/mol. The van der Waals surface area contributed by atoms with Crippen molar-refractivity contribution in [2.24, 2.45) is 0 Å². The molecule has 0 atom stereocenters. The fourth-order valence-corrected chi connectivity index (χ4v) is 2.49. The zero-order chi connectivity index (χ0) is 18.0. The molecule has 1 heterocycles. The molecule has 6 nitrogen and oxygen atoms in total. The molecular weight excluding hydrogens is 324 g/mol. The van der Waals surface area contributed by atoms with Gasteiger partial charge in [-0.1, -0.05) is 13.3 Å². The molecule has 0 saturated heterocycles. The Hall–Kier alpha value is -3.15. The Bertz CT molecular complexity index is 853. The normalized spacial score (nSPS) is 14.4. The molecule has 1 aliphatic rings. The smallest absolute Gasteiger partial charge is 0.235 e. The van der Waals surface area contributed by atoms with Crippen molar-refractivity contribution >= 4 is 11.9 Å². The molecule has 2 aromatic rings. The van der Waals surface area contributed by atoms with Crippen molar-refractivity contribution in [3.8, 4) is 28.7 Å². The van der Waals surface area contributed by atoms with E-state index in [9.17, 15) is 20.1 Å². The van der Waals surface area contributed by atoms with Gasteiger partial charge in [-0.05, 0) is 24.6 Å². The first-order valence-electron chi connectivity index (χ1n) is 7.95. The number of carbonyl (C=O) groups excluding carboxylic acids is 1. The molecule has 0 spiro atoms. The van der Waals surface area contributed by atoms with Gasteiger partial charge in [0, 0.05) is 23.8 Å². The number of phenols is 3. The summed E-state index contributed by atoms with van der Waals surface area (Å²) in [6.07, 6.45) is 3.31. The summed E-state index contributed by atoms with van der Waals surface area (Å²) in [5, 5.41) is 29.4. The second kappa shape index (κ2) is 6.76. The van der Waals surface area contributed by atoms with Crippen LogP contribution in [-0.2, 0) is 0 Å². The number of phenolic OH excluding ortho intramolecular Hbond substituents is 3. The van der Waals surface area contributed by atoms with Crippen LogP contribution in [0, 0.1) is 0 Å². The minimum absolute atomic E-state index is 0.0111. The Labute approximate surface area is 144 Å². The number of ketones is 1. The van der Waals surface area contributed by atoms with Gasteiger partial charge >= 0.3 is 0 Å². The monoisotopic (exact) mass is 342 g/mol. The zero-order valence-electron chi connectivity index (χ0n) is 13.7. The summed E-state index contributed by atoms with van der Waals surface area (Å²) >= 11 is 0. The van der Waals surface area contributed by atoms with Crippen molar-refractivity contribution in [1.82, 2.24) is 0 Å². The average Bonchev–Trinajstić information content (AvgIpc) is 2.86. The Morgan fingerprint density at radius 2 is 1.92 bits per heavy atom. The molecule has 0 fully saturated rings. The van der Waals surface area contributed by atoms with Crippen LogP contribution < -0.4 is 9.47 Å². The highest BCUT2D eigenvalue weighted by atomic mass is 16.5. The number of benzene rings is 2. The van der Waals surface area contributed by atoms with Crippen LogP contribution in [0.1, 0.15) is 35.7 Å². The molecular formula is C19H18O6. The van der Waals surface area contributed by atoms with E-state index >= 15 is 0 Å². The Morgan fingerprint density at radius 3 is 2.64 bits per heavy atom. The number of allylic oxidation sites excluding steroid dienone is 1. The lowest BCUT2D eigenvalue weighted by atomic mass is 10.1. The van der Waals surface area contributed by atoms with Gasteiger partial charge in [-0.25, -0.2) is 0 Å². The summed E-state index contributed by atoms with van der Waals surface area (Å²) < 4.78 is 10.9. The van der Waals surface area contributed by atoms with Crippen LogP contribution in [-0.4, -0.2) is 27.7 Å². The van der Waals surface area contributed by atoms with Crippen LogP contribution in [0.15, 0.2) is 36.1 Å². The third-order valence-corrected chi connectivity index (χ3v) is 3.79. The molecule has 0 amide bonds. The standard InChI is InChI=1S/C19H18O6/c1-2-3-6-24-13-5-4-11(14(21)10-13)7-17-19(23)18-15(22)8-12(20)9-16(18)25-17/h4-5,7-10,20-22H,2-3,6H2,1H3/b17-7-. The lowest BCUT2D eigenvalue weighted by molar-refractivity contribution is 0.101. The number of ether oxygens (including phenoxy) is 2. The highest BCUT2D eigenvalue weighted by Gasteiger charge is 2.31. The topological polar surface area (TPSA) is 96.2 Å². The number of carbonyl (C=O) groups is 1. The van der Waals surface area contributed by atoms with Gasteiger partial charge in [-0.3, -0.25) is 4.79 Å². The van der Waals surface area contributed by atoms with E-state index in [0.717, 1.165) is 18.9 Å². The highest BCUT2D eigenvalue weighted by Crippen LogP contribution is 2.41. The number of hydrogen-bond acceptors (Lipinski definition) is 6. The second-order valence-corrected chi connectivity index (χ2v) is 5.70. The van der Waals surface area contributed by atoms with E-state index in [1.54, 1.807) is 12.1 Å². The van der Waals surface area contributed by atoms with Crippen LogP contribution in [0.3, 0.4) is 0 Å². The summed E-state index contributed by atoms with van der Waals surface area (Å²) in [6, 6.07) is 7.09. The van der Waals surface area contributed by atoms with Crippen molar-refractivity contribution in [1.29, 1.82) is 0 Å². The summed E-state index contributed by atoms with van der Waals surface area (Å²) in [5.41, 5.74) is 0.366. The second-order valence-electron chi connectivity index (χ2n) is 5.70. The van der Waals surface area contributed by atoms with Gasteiger partial charge in [-0.2, -0.15) is 0 Å². The van der Waals surface area contributed by atoms with Crippen molar-refractivity contribution < 1.29 is 29.6 Å². The largest absolute Gasteiger partial charge is 0.508 e. The number of aromatic hydroxyl groups is 3. The minimum atomic E-state index is -0.518. The van der Waals surface area contributed by atoms with E-state index in [2.05, 4.69) is 6.92 Å². The first-order valence-corrected chi connectivity index (χ1v) is 7.95. The van der Waals surface area contributed by atoms with Crippen molar-refractivity contribution in [3.05, 3.63) is 47.2 Å². The number of unbranched alkanes of at least 4 members (excludes halogenated alkanes) is 1. The molecule has 0 aromatic heterocycles. The summed E-state index contributed by atoms with van der Waals surface area (Å²) in [7, 11) is 0. The van der Waals surface area contributed by atoms with E-state index in [4.69, 9.17) is 9.47 Å². The number of rotatable bonds is 5. The molecule has 25 heavy (non-hydrogen) atoms. The van der Waals surface area contributed by atoms with Crippen LogP contribution in [0.25, 0.3) is 6.08 Å². The molecule has 3 N–H and O–H groups in total. The maximum Gasteiger partial charge on any atom is 0.235 e. The van der Waals surface area contributed by atoms with Crippen molar-refractivity contribution in [3.63, 3.8) is 0 Å². The summed E-state index contributed by atoms with van der Waals surface area (Å²) in [6.45, 7) is 2.63. The van der Waals surface area contributed by atoms with E-state index < -0.39 is 5.78 Å². The van der Waals surface area contributed by atoms with Crippen molar-refractivity contribution in [2.45, 2.75) is 19.8 Å². The van der Waals surface area contributed by atoms with Gasteiger partial charge in [0.05, 0.1) is 6.61 Å². The zero-order valence-corrected chi connectivity index (χ0v) is 13.7. The number of fused-ring (bicyclic) bond motifs is 1. The Morgan fingerprint density at radius 1 is 1.12 bits per heavy atom. The molecule has 1 aliphatic heterocycles. The summed E-state index contributed by atoms with van der Waals surface area (Å²) in [4.78, 5) is 12.3. The molecule has 0 aliphatic carbocycles. The van der Waals surface area contributed by atoms with Gasteiger partial charge in [-0.15, -0.1) is 0 Å². The fraction of sp³-hybridized carbons (Fsp3) is 0.211. The van der Waals surface area contributed by atoms with Gasteiger partial charge < -0.3 is 24.8 Å². The summed E-state index contributed by atoms with van der Waals surface area (Å²) in [5.74, 6) is -0.568. The Kier molecular flexibility index (Phi) is 4.52. The predicted octanol–water partition coefficient (Wildman–Crippen LogP) is 3.60. The molecule has 0 saturated carbocycles. The molecule has 130 valence electrons. The van der Waals surface area contributed by atoms with Crippen molar-refractivity contribution in [2.75, 3.05) is 6.61 Å².